The number of aryl methyl sites for hydroxylation is 1. The molecule has 0 spiro atoms. The molecule has 0 fully saturated rings. The van der Waals surface area contributed by atoms with Gasteiger partial charge in [-0.2, -0.15) is 5.10 Å². The Hall–Kier alpha value is -2.86. The third-order valence-corrected chi connectivity index (χ3v) is 5.08. The SMILES string of the molecule is O=C(CCNC(=O)c1n[nH]c2ccccc12)NC1CCc2cc(Cl)ccc21. The second-order valence-electron chi connectivity index (χ2n) is 6.63. The number of benzene rings is 2. The van der Waals surface area contributed by atoms with Gasteiger partial charge in [0, 0.05) is 23.4 Å². The maximum absolute atomic E-state index is 12.3. The minimum atomic E-state index is -0.291. The molecule has 0 saturated heterocycles. The van der Waals surface area contributed by atoms with E-state index in [1.165, 1.54) is 5.56 Å². The van der Waals surface area contributed by atoms with E-state index in [0.29, 0.717) is 10.7 Å². The Balaban J connectivity index is 1.30. The standard InChI is InChI=1S/C20H19ClN4O2/c21-13-6-7-14-12(11-13)5-8-16(14)23-18(26)9-10-22-20(27)19-15-3-1-2-4-17(15)24-25-19/h1-4,6-7,11,16H,5,8-10H2,(H,22,27)(H,23,26)(H,24,25). The van der Waals surface area contributed by atoms with Gasteiger partial charge in [0.25, 0.3) is 5.91 Å². The van der Waals surface area contributed by atoms with Gasteiger partial charge in [-0.3, -0.25) is 14.7 Å². The number of para-hydroxylation sites is 1. The maximum atomic E-state index is 12.3. The molecule has 1 heterocycles. The van der Waals surface area contributed by atoms with Gasteiger partial charge in [0.15, 0.2) is 5.69 Å². The van der Waals surface area contributed by atoms with Crippen LogP contribution in [-0.4, -0.2) is 28.6 Å². The molecule has 3 N–H and O–H groups in total. The largest absolute Gasteiger partial charge is 0.350 e. The number of amides is 2. The van der Waals surface area contributed by atoms with E-state index in [-0.39, 0.29) is 30.8 Å². The maximum Gasteiger partial charge on any atom is 0.272 e. The molecule has 1 unspecified atom stereocenters. The number of nitrogens with one attached hydrogen (secondary N) is 3. The summed E-state index contributed by atoms with van der Waals surface area (Å²) in [6.07, 6.45) is 1.99. The molecule has 4 rings (SSSR count). The van der Waals surface area contributed by atoms with Crippen LogP contribution < -0.4 is 10.6 Å². The van der Waals surface area contributed by atoms with Gasteiger partial charge < -0.3 is 10.6 Å². The lowest BCUT2D eigenvalue weighted by Crippen LogP contribution is -2.32. The van der Waals surface area contributed by atoms with Crippen LogP contribution in [0.15, 0.2) is 42.5 Å². The molecule has 138 valence electrons. The minimum Gasteiger partial charge on any atom is -0.350 e. The molecule has 6 nitrogen and oxygen atoms in total. The van der Waals surface area contributed by atoms with Crippen LogP contribution in [-0.2, 0) is 11.2 Å². The van der Waals surface area contributed by atoms with Crippen LogP contribution in [0.5, 0.6) is 0 Å². The zero-order valence-electron chi connectivity index (χ0n) is 14.6. The molecular weight excluding hydrogens is 364 g/mol. The van der Waals surface area contributed by atoms with E-state index in [1.54, 1.807) is 0 Å². The van der Waals surface area contributed by atoms with Crippen molar-refractivity contribution in [3.8, 4) is 0 Å². The van der Waals surface area contributed by atoms with Gasteiger partial charge in [-0.1, -0.05) is 35.9 Å². The van der Waals surface area contributed by atoms with Crippen molar-refractivity contribution in [2.45, 2.75) is 25.3 Å². The van der Waals surface area contributed by atoms with Gasteiger partial charge in [-0.05, 0) is 42.2 Å². The van der Waals surface area contributed by atoms with E-state index >= 15 is 0 Å². The number of fused-ring (bicyclic) bond motifs is 2. The molecule has 2 aromatic carbocycles. The summed E-state index contributed by atoms with van der Waals surface area (Å²) in [7, 11) is 0. The van der Waals surface area contributed by atoms with E-state index in [9.17, 15) is 9.59 Å². The quantitative estimate of drug-likeness (QED) is 0.633. The Kier molecular flexibility index (Phi) is 4.81. The molecule has 3 aromatic rings. The summed E-state index contributed by atoms with van der Waals surface area (Å²) in [5.41, 5.74) is 3.46. The second kappa shape index (κ2) is 7.40. The molecule has 1 aliphatic carbocycles. The number of hydrogen-bond acceptors (Lipinski definition) is 3. The number of hydrogen-bond donors (Lipinski definition) is 3. The predicted octanol–water partition coefficient (Wildman–Crippen LogP) is 3.14. The molecule has 0 radical (unpaired) electrons. The fourth-order valence-electron chi connectivity index (χ4n) is 3.51. The van der Waals surface area contributed by atoms with Crippen molar-refractivity contribution in [2.24, 2.45) is 0 Å². The fourth-order valence-corrected chi connectivity index (χ4v) is 3.71. The first kappa shape index (κ1) is 17.5. The van der Waals surface area contributed by atoms with Crippen molar-refractivity contribution in [3.63, 3.8) is 0 Å². The summed E-state index contributed by atoms with van der Waals surface area (Å²) in [5, 5.41) is 14.2. The topological polar surface area (TPSA) is 86.9 Å². The van der Waals surface area contributed by atoms with E-state index in [1.807, 2.05) is 42.5 Å². The zero-order valence-corrected chi connectivity index (χ0v) is 15.3. The van der Waals surface area contributed by atoms with Crippen molar-refractivity contribution in [2.75, 3.05) is 6.54 Å². The summed E-state index contributed by atoms with van der Waals surface area (Å²) < 4.78 is 0. The van der Waals surface area contributed by atoms with Crippen LogP contribution in [0.4, 0.5) is 0 Å². The Morgan fingerprint density at radius 3 is 2.96 bits per heavy atom. The van der Waals surface area contributed by atoms with E-state index in [2.05, 4.69) is 20.8 Å². The van der Waals surface area contributed by atoms with Crippen molar-refractivity contribution < 1.29 is 9.59 Å². The van der Waals surface area contributed by atoms with Gasteiger partial charge in [-0.15, -0.1) is 0 Å². The molecule has 0 bridgehead atoms. The monoisotopic (exact) mass is 382 g/mol. The first-order valence-electron chi connectivity index (χ1n) is 8.91. The summed E-state index contributed by atoms with van der Waals surface area (Å²) in [4.78, 5) is 24.5. The number of nitrogens with zero attached hydrogens (tertiary/aromatic N) is 1. The lowest BCUT2D eigenvalue weighted by atomic mass is 10.1. The number of carbonyl (C=O) groups excluding carboxylic acids is 2. The Bertz CT molecular complexity index is 1010. The molecule has 0 aliphatic heterocycles. The van der Waals surface area contributed by atoms with E-state index in [0.717, 1.165) is 29.3 Å². The lowest BCUT2D eigenvalue weighted by Gasteiger charge is -2.14. The predicted molar refractivity (Wildman–Crippen MR) is 104 cm³/mol. The Labute approximate surface area is 161 Å². The van der Waals surface area contributed by atoms with Crippen molar-refractivity contribution in [1.29, 1.82) is 0 Å². The number of H-pyrrole nitrogens is 1. The number of aromatic nitrogens is 2. The average molecular weight is 383 g/mol. The van der Waals surface area contributed by atoms with Crippen LogP contribution in [0.25, 0.3) is 10.9 Å². The third kappa shape index (κ3) is 3.66. The van der Waals surface area contributed by atoms with Crippen LogP contribution in [0, 0.1) is 0 Å². The third-order valence-electron chi connectivity index (χ3n) is 4.84. The number of aromatic amines is 1. The van der Waals surface area contributed by atoms with Crippen LogP contribution >= 0.6 is 11.6 Å². The van der Waals surface area contributed by atoms with E-state index in [4.69, 9.17) is 11.6 Å². The van der Waals surface area contributed by atoms with Gasteiger partial charge in [0.05, 0.1) is 11.6 Å². The molecule has 27 heavy (non-hydrogen) atoms. The lowest BCUT2D eigenvalue weighted by molar-refractivity contribution is -0.121. The highest BCUT2D eigenvalue weighted by Gasteiger charge is 2.24. The highest BCUT2D eigenvalue weighted by molar-refractivity contribution is 6.30. The number of carbonyl (C=O) groups is 2. The molecule has 2 amide bonds. The van der Waals surface area contributed by atoms with Crippen LogP contribution in [0.2, 0.25) is 5.02 Å². The van der Waals surface area contributed by atoms with Crippen molar-refractivity contribution >= 4 is 34.3 Å². The summed E-state index contributed by atoms with van der Waals surface area (Å²) >= 11 is 6.02. The normalized spacial score (nSPS) is 15.5. The molecule has 7 heteroatoms. The molecule has 1 aliphatic rings. The molecule has 0 saturated carbocycles. The van der Waals surface area contributed by atoms with Crippen molar-refractivity contribution in [1.82, 2.24) is 20.8 Å². The zero-order chi connectivity index (χ0) is 18.8. The van der Waals surface area contributed by atoms with Gasteiger partial charge in [-0.25, -0.2) is 0 Å². The minimum absolute atomic E-state index is 0.00996. The van der Waals surface area contributed by atoms with Crippen LogP contribution in [0.1, 0.15) is 40.5 Å². The first-order valence-corrected chi connectivity index (χ1v) is 9.28. The van der Waals surface area contributed by atoms with Gasteiger partial charge >= 0.3 is 0 Å². The summed E-state index contributed by atoms with van der Waals surface area (Å²) in [5.74, 6) is -0.379. The smallest absolute Gasteiger partial charge is 0.272 e. The second-order valence-corrected chi connectivity index (χ2v) is 7.06. The van der Waals surface area contributed by atoms with Gasteiger partial charge in [0.1, 0.15) is 0 Å². The van der Waals surface area contributed by atoms with Gasteiger partial charge in [0.2, 0.25) is 5.91 Å². The first-order chi connectivity index (χ1) is 13.1. The Morgan fingerprint density at radius 2 is 2.07 bits per heavy atom. The van der Waals surface area contributed by atoms with Crippen molar-refractivity contribution in [3.05, 3.63) is 64.3 Å². The Morgan fingerprint density at radius 1 is 1.22 bits per heavy atom. The summed E-state index contributed by atoms with van der Waals surface area (Å²) in [6.45, 7) is 0.256. The average Bonchev–Trinajstić information content (AvgIpc) is 3.25. The molecule has 1 aromatic heterocycles. The molecular formula is C20H19ClN4O2. The number of rotatable bonds is 5. The fraction of sp³-hybridized carbons (Fsp3) is 0.250. The summed E-state index contributed by atoms with van der Waals surface area (Å²) in [6, 6.07) is 13.2. The van der Waals surface area contributed by atoms with E-state index < -0.39 is 0 Å². The highest BCUT2D eigenvalue weighted by Crippen LogP contribution is 2.32. The number of halogens is 1. The van der Waals surface area contributed by atoms with Crippen LogP contribution in [0.3, 0.4) is 0 Å². The highest BCUT2D eigenvalue weighted by atomic mass is 35.5. The molecule has 1 atom stereocenters.